The molecule has 0 radical (unpaired) electrons. The smallest absolute Gasteiger partial charge is 0.123 e. The summed E-state index contributed by atoms with van der Waals surface area (Å²) in [7, 11) is 0. The lowest BCUT2D eigenvalue weighted by molar-refractivity contribution is 0.245. The monoisotopic (exact) mass is 255 g/mol. The van der Waals surface area contributed by atoms with Crippen LogP contribution in [0.25, 0.3) is 0 Å². The van der Waals surface area contributed by atoms with E-state index in [2.05, 4.69) is 15.9 Å². The van der Waals surface area contributed by atoms with Gasteiger partial charge in [-0.05, 0) is 43.9 Å². The first-order valence-electron chi connectivity index (χ1n) is 4.81. The molecule has 1 aliphatic carbocycles. The SMILES string of the molecule is Cc1cc(Br)cc(C2(N)CCC2)c1O. The van der Waals surface area contributed by atoms with E-state index in [-0.39, 0.29) is 5.54 Å². The first-order chi connectivity index (χ1) is 6.53. The number of aryl methyl sites for hydroxylation is 1. The molecule has 1 aliphatic rings. The van der Waals surface area contributed by atoms with Gasteiger partial charge in [0.2, 0.25) is 0 Å². The lowest BCUT2D eigenvalue weighted by Gasteiger charge is -2.39. The number of aromatic hydroxyl groups is 1. The Morgan fingerprint density at radius 1 is 1.43 bits per heavy atom. The van der Waals surface area contributed by atoms with Crippen LogP contribution in [0.3, 0.4) is 0 Å². The Morgan fingerprint density at radius 2 is 2.07 bits per heavy atom. The van der Waals surface area contributed by atoms with Crippen molar-refractivity contribution in [2.75, 3.05) is 0 Å². The van der Waals surface area contributed by atoms with Crippen molar-refractivity contribution in [3.8, 4) is 5.75 Å². The predicted molar refractivity (Wildman–Crippen MR) is 60.3 cm³/mol. The van der Waals surface area contributed by atoms with E-state index in [1.54, 1.807) is 0 Å². The van der Waals surface area contributed by atoms with Crippen LogP contribution >= 0.6 is 15.9 Å². The van der Waals surface area contributed by atoms with Gasteiger partial charge in [-0.2, -0.15) is 0 Å². The maximum Gasteiger partial charge on any atom is 0.123 e. The zero-order valence-corrected chi connectivity index (χ0v) is 9.76. The normalized spacial score (nSPS) is 19.1. The molecule has 0 spiro atoms. The highest BCUT2D eigenvalue weighted by atomic mass is 79.9. The fourth-order valence-electron chi connectivity index (χ4n) is 1.94. The summed E-state index contributed by atoms with van der Waals surface area (Å²) in [5.74, 6) is 0.357. The van der Waals surface area contributed by atoms with E-state index in [0.29, 0.717) is 5.75 Å². The highest BCUT2D eigenvalue weighted by Crippen LogP contribution is 2.44. The standard InChI is InChI=1S/C11H14BrNO/c1-7-5-8(12)6-9(10(7)14)11(13)3-2-4-11/h5-6,14H,2-4,13H2,1H3. The average Bonchev–Trinajstić information content (AvgIpc) is 2.07. The van der Waals surface area contributed by atoms with Gasteiger partial charge in [0, 0.05) is 15.6 Å². The van der Waals surface area contributed by atoms with Crippen LogP contribution in [0, 0.1) is 6.92 Å². The highest BCUT2D eigenvalue weighted by Gasteiger charge is 2.36. The number of phenolic OH excluding ortho intramolecular Hbond substituents is 1. The van der Waals surface area contributed by atoms with Crippen LogP contribution in [0.5, 0.6) is 5.75 Å². The molecule has 1 fully saturated rings. The molecule has 2 nitrogen and oxygen atoms in total. The Hall–Kier alpha value is -0.540. The van der Waals surface area contributed by atoms with Gasteiger partial charge in [-0.15, -0.1) is 0 Å². The molecule has 14 heavy (non-hydrogen) atoms. The van der Waals surface area contributed by atoms with Gasteiger partial charge in [-0.25, -0.2) is 0 Å². The first-order valence-corrected chi connectivity index (χ1v) is 5.61. The molecule has 1 aromatic carbocycles. The number of hydrogen-bond acceptors (Lipinski definition) is 2. The lowest BCUT2D eigenvalue weighted by Crippen LogP contribution is -2.43. The van der Waals surface area contributed by atoms with Crippen LogP contribution < -0.4 is 5.73 Å². The van der Waals surface area contributed by atoms with Crippen molar-refractivity contribution in [1.82, 2.24) is 0 Å². The average molecular weight is 256 g/mol. The maximum atomic E-state index is 9.92. The molecule has 0 aliphatic heterocycles. The van der Waals surface area contributed by atoms with Gasteiger partial charge in [-0.3, -0.25) is 0 Å². The van der Waals surface area contributed by atoms with Crippen molar-refractivity contribution in [2.24, 2.45) is 5.73 Å². The summed E-state index contributed by atoms with van der Waals surface area (Å²) >= 11 is 3.43. The quantitative estimate of drug-likeness (QED) is 0.811. The van der Waals surface area contributed by atoms with Gasteiger partial charge in [-0.1, -0.05) is 15.9 Å². The number of phenols is 1. The van der Waals surface area contributed by atoms with Crippen LogP contribution in [-0.4, -0.2) is 5.11 Å². The second-order valence-electron chi connectivity index (χ2n) is 4.13. The predicted octanol–water partition coefficient (Wildman–Crippen LogP) is 2.80. The topological polar surface area (TPSA) is 46.2 Å². The largest absolute Gasteiger partial charge is 0.507 e. The Balaban J connectivity index is 2.51. The van der Waals surface area contributed by atoms with E-state index in [4.69, 9.17) is 5.73 Å². The Bertz CT molecular complexity index is 372. The lowest BCUT2D eigenvalue weighted by atomic mass is 9.72. The minimum Gasteiger partial charge on any atom is -0.507 e. The summed E-state index contributed by atoms with van der Waals surface area (Å²) in [6.45, 7) is 1.89. The molecule has 0 saturated heterocycles. The van der Waals surface area contributed by atoms with Crippen molar-refractivity contribution < 1.29 is 5.11 Å². The second-order valence-corrected chi connectivity index (χ2v) is 5.04. The molecule has 0 atom stereocenters. The molecule has 1 saturated carbocycles. The zero-order valence-electron chi connectivity index (χ0n) is 8.18. The summed E-state index contributed by atoms with van der Waals surface area (Å²) in [6.07, 6.45) is 3.09. The molecule has 0 unspecified atom stereocenters. The number of benzene rings is 1. The third-order valence-electron chi connectivity index (χ3n) is 3.05. The third-order valence-corrected chi connectivity index (χ3v) is 3.51. The Kier molecular flexibility index (Phi) is 2.32. The summed E-state index contributed by atoms with van der Waals surface area (Å²) < 4.78 is 0.986. The molecular formula is C11H14BrNO. The van der Waals surface area contributed by atoms with Gasteiger partial charge in [0.05, 0.1) is 0 Å². The summed E-state index contributed by atoms with van der Waals surface area (Å²) in [5.41, 5.74) is 7.65. The second kappa shape index (κ2) is 3.24. The van der Waals surface area contributed by atoms with E-state index in [9.17, 15) is 5.11 Å². The molecule has 2 rings (SSSR count). The zero-order chi connectivity index (χ0) is 10.3. The van der Waals surface area contributed by atoms with Gasteiger partial charge in [0.15, 0.2) is 0 Å². The van der Waals surface area contributed by atoms with Crippen LogP contribution in [0.4, 0.5) is 0 Å². The van der Waals surface area contributed by atoms with E-state index >= 15 is 0 Å². The number of nitrogens with two attached hydrogens (primary N) is 1. The van der Waals surface area contributed by atoms with Gasteiger partial charge >= 0.3 is 0 Å². The third kappa shape index (κ3) is 1.44. The fraction of sp³-hybridized carbons (Fsp3) is 0.455. The molecule has 3 heteroatoms. The maximum absolute atomic E-state index is 9.92. The highest BCUT2D eigenvalue weighted by molar-refractivity contribution is 9.10. The number of hydrogen-bond donors (Lipinski definition) is 2. The first kappa shape index (κ1) is 9.99. The van der Waals surface area contributed by atoms with Crippen molar-refractivity contribution in [3.63, 3.8) is 0 Å². The van der Waals surface area contributed by atoms with Crippen LogP contribution in [0.2, 0.25) is 0 Å². The Labute approximate surface area is 92.3 Å². The van der Waals surface area contributed by atoms with E-state index in [1.807, 2.05) is 19.1 Å². The van der Waals surface area contributed by atoms with Crippen LogP contribution in [0.1, 0.15) is 30.4 Å². The fourth-order valence-corrected chi connectivity index (χ4v) is 2.51. The molecule has 0 bridgehead atoms. The molecular weight excluding hydrogens is 242 g/mol. The van der Waals surface area contributed by atoms with Crippen molar-refractivity contribution >= 4 is 15.9 Å². The van der Waals surface area contributed by atoms with Crippen molar-refractivity contribution in [2.45, 2.75) is 31.7 Å². The molecule has 0 heterocycles. The molecule has 0 aromatic heterocycles. The van der Waals surface area contributed by atoms with Crippen molar-refractivity contribution in [1.29, 1.82) is 0 Å². The van der Waals surface area contributed by atoms with E-state index in [0.717, 1.165) is 34.9 Å². The minimum absolute atomic E-state index is 0.293. The summed E-state index contributed by atoms with van der Waals surface area (Å²) in [6, 6.07) is 3.84. The number of halogens is 1. The minimum atomic E-state index is -0.293. The van der Waals surface area contributed by atoms with Crippen molar-refractivity contribution in [3.05, 3.63) is 27.7 Å². The van der Waals surface area contributed by atoms with Gasteiger partial charge in [0.1, 0.15) is 5.75 Å². The summed E-state index contributed by atoms with van der Waals surface area (Å²) in [5, 5.41) is 9.92. The van der Waals surface area contributed by atoms with Crippen LogP contribution in [0.15, 0.2) is 16.6 Å². The Morgan fingerprint density at radius 3 is 2.57 bits per heavy atom. The molecule has 3 N–H and O–H groups in total. The number of rotatable bonds is 1. The van der Waals surface area contributed by atoms with E-state index in [1.165, 1.54) is 0 Å². The van der Waals surface area contributed by atoms with Gasteiger partial charge < -0.3 is 10.8 Å². The summed E-state index contributed by atoms with van der Waals surface area (Å²) in [4.78, 5) is 0. The van der Waals surface area contributed by atoms with Crippen LogP contribution in [-0.2, 0) is 5.54 Å². The van der Waals surface area contributed by atoms with Gasteiger partial charge in [0.25, 0.3) is 0 Å². The molecule has 0 amide bonds. The van der Waals surface area contributed by atoms with E-state index < -0.39 is 0 Å². The molecule has 76 valence electrons. The molecule has 1 aromatic rings.